The van der Waals surface area contributed by atoms with Crippen molar-refractivity contribution >= 4 is 11.9 Å². The largest absolute Gasteiger partial charge is 0.480 e. The molecule has 2 atom stereocenters. The van der Waals surface area contributed by atoms with Crippen LogP contribution in [0.25, 0.3) is 0 Å². The molecule has 3 rings (SSSR count). The number of likely N-dealkylation sites (tertiary alicyclic amines) is 1. The molecule has 3 aliphatic heterocycles. The average Bonchev–Trinajstić information content (AvgIpc) is 2.62. The first kappa shape index (κ1) is 17.9. The summed E-state index contributed by atoms with van der Waals surface area (Å²) in [6.07, 6.45) is 8.59. The molecule has 0 radical (unpaired) electrons. The molecule has 3 aliphatic rings. The zero-order chi connectivity index (χ0) is 17.8. The molecule has 0 aliphatic carbocycles. The molecule has 0 aromatic rings. The summed E-state index contributed by atoms with van der Waals surface area (Å²) >= 11 is 0. The van der Waals surface area contributed by atoms with Crippen molar-refractivity contribution in [2.24, 2.45) is 5.92 Å². The summed E-state index contributed by atoms with van der Waals surface area (Å²) in [6, 6.07) is -1.19. The Balaban J connectivity index is 1.60. The monoisotopic (exact) mass is 349 g/mol. The number of dihydropyridines is 1. The smallest absolute Gasteiger partial charge is 0.335 e. The van der Waals surface area contributed by atoms with E-state index in [1.54, 1.807) is 11.8 Å². The number of carbonyl (C=O) groups is 2. The SMILES string of the molecule is CCOC(=O)C(C(=O)O)N1CCC(C2=CC=C3CCCNC3N2)CC1. The molecule has 0 saturated carbocycles. The van der Waals surface area contributed by atoms with E-state index in [1.807, 2.05) is 0 Å². The van der Waals surface area contributed by atoms with Crippen LogP contribution < -0.4 is 10.6 Å². The minimum atomic E-state index is -1.19. The van der Waals surface area contributed by atoms with Gasteiger partial charge in [-0.3, -0.25) is 10.2 Å². The van der Waals surface area contributed by atoms with E-state index in [-0.39, 0.29) is 12.8 Å². The summed E-state index contributed by atoms with van der Waals surface area (Å²) < 4.78 is 4.92. The molecule has 25 heavy (non-hydrogen) atoms. The number of carboxylic acids is 1. The fraction of sp³-hybridized carbons (Fsp3) is 0.667. The van der Waals surface area contributed by atoms with Gasteiger partial charge in [-0.1, -0.05) is 6.08 Å². The van der Waals surface area contributed by atoms with E-state index < -0.39 is 18.0 Å². The van der Waals surface area contributed by atoms with Crippen LogP contribution in [0.15, 0.2) is 23.4 Å². The second kappa shape index (κ2) is 8.01. The quantitative estimate of drug-likeness (QED) is 0.500. The van der Waals surface area contributed by atoms with Gasteiger partial charge >= 0.3 is 11.9 Å². The fourth-order valence-corrected chi connectivity index (χ4v) is 3.90. The Morgan fingerprint density at radius 3 is 2.80 bits per heavy atom. The van der Waals surface area contributed by atoms with Crippen molar-refractivity contribution in [1.29, 1.82) is 0 Å². The number of rotatable bonds is 5. The molecule has 7 nitrogen and oxygen atoms in total. The van der Waals surface area contributed by atoms with Crippen LogP contribution in [-0.2, 0) is 14.3 Å². The van der Waals surface area contributed by atoms with Crippen LogP contribution in [0.1, 0.15) is 32.6 Å². The number of hydrogen-bond acceptors (Lipinski definition) is 6. The van der Waals surface area contributed by atoms with Gasteiger partial charge in [0.15, 0.2) is 0 Å². The number of fused-ring (bicyclic) bond motifs is 1. The van der Waals surface area contributed by atoms with Crippen molar-refractivity contribution in [2.45, 2.75) is 44.8 Å². The van der Waals surface area contributed by atoms with Gasteiger partial charge in [-0.25, -0.2) is 9.59 Å². The van der Waals surface area contributed by atoms with Crippen LogP contribution in [-0.4, -0.2) is 60.4 Å². The Kier molecular flexibility index (Phi) is 5.75. The normalized spacial score (nSPS) is 25.9. The van der Waals surface area contributed by atoms with Crippen molar-refractivity contribution in [1.82, 2.24) is 15.5 Å². The molecule has 7 heteroatoms. The molecule has 2 unspecified atom stereocenters. The molecule has 2 fully saturated rings. The molecule has 138 valence electrons. The molecular formula is C18H27N3O4. The summed E-state index contributed by atoms with van der Waals surface area (Å²) in [4.78, 5) is 25.1. The molecular weight excluding hydrogens is 322 g/mol. The second-order valence-electron chi connectivity index (χ2n) is 6.80. The number of aliphatic carboxylic acids is 1. The van der Waals surface area contributed by atoms with Crippen LogP contribution in [0.3, 0.4) is 0 Å². The minimum absolute atomic E-state index is 0.193. The van der Waals surface area contributed by atoms with Gasteiger partial charge in [-0.05, 0) is 50.8 Å². The van der Waals surface area contributed by atoms with E-state index in [2.05, 4.69) is 22.8 Å². The van der Waals surface area contributed by atoms with E-state index in [0.717, 1.165) is 25.8 Å². The highest BCUT2D eigenvalue weighted by Gasteiger charge is 2.37. The lowest BCUT2D eigenvalue weighted by atomic mass is 9.89. The summed E-state index contributed by atoms with van der Waals surface area (Å²) in [5, 5.41) is 16.5. The number of allylic oxidation sites excluding steroid dienone is 3. The number of ether oxygens (including phenoxy) is 1. The highest BCUT2D eigenvalue weighted by atomic mass is 16.5. The second-order valence-corrected chi connectivity index (χ2v) is 6.80. The summed E-state index contributed by atoms with van der Waals surface area (Å²) in [5.41, 5.74) is 2.62. The Bertz CT molecular complexity index is 579. The highest BCUT2D eigenvalue weighted by molar-refractivity contribution is 5.98. The van der Waals surface area contributed by atoms with E-state index in [1.165, 1.54) is 17.7 Å². The van der Waals surface area contributed by atoms with Gasteiger partial charge in [0.1, 0.15) is 0 Å². The third-order valence-electron chi connectivity index (χ3n) is 5.23. The average molecular weight is 349 g/mol. The van der Waals surface area contributed by atoms with Gasteiger partial charge in [0.25, 0.3) is 0 Å². The lowest BCUT2D eigenvalue weighted by Gasteiger charge is -2.39. The summed E-state index contributed by atoms with van der Waals surface area (Å²) in [7, 11) is 0. The predicted octanol–water partition coefficient (Wildman–Crippen LogP) is 0.838. The minimum Gasteiger partial charge on any atom is -0.480 e. The van der Waals surface area contributed by atoms with Crippen molar-refractivity contribution in [2.75, 3.05) is 26.2 Å². The van der Waals surface area contributed by atoms with Gasteiger partial charge in [-0.15, -0.1) is 0 Å². The van der Waals surface area contributed by atoms with Gasteiger partial charge in [0.2, 0.25) is 6.04 Å². The maximum Gasteiger partial charge on any atom is 0.335 e. The first-order valence-corrected chi connectivity index (χ1v) is 9.14. The Labute approximate surface area is 148 Å². The van der Waals surface area contributed by atoms with Gasteiger partial charge in [0, 0.05) is 24.7 Å². The Hall–Kier alpha value is -1.86. The highest BCUT2D eigenvalue weighted by Crippen LogP contribution is 2.28. The van der Waals surface area contributed by atoms with Crippen molar-refractivity contribution in [3.8, 4) is 0 Å². The number of nitrogens with one attached hydrogen (secondary N) is 2. The van der Waals surface area contributed by atoms with E-state index in [4.69, 9.17) is 4.74 Å². The lowest BCUT2D eigenvalue weighted by molar-refractivity contribution is -0.161. The number of hydrogen-bond donors (Lipinski definition) is 3. The Morgan fingerprint density at radius 2 is 2.12 bits per heavy atom. The van der Waals surface area contributed by atoms with Crippen molar-refractivity contribution < 1.29 is 19.4 Å². The number of nitrogens with zero attached hydrogens (tertiary/aromatic N) is 1. The van der Waals surface area contributed by atoms with Crippen LogP contribution in [0.4, 0.5) is 0 Å². The number of carboxylic acid groups (broad SMARTS) is 1. The molecule has 0 aromatic carbocycles. The first-order chi connectivity index (χ1) is 12.1. The third kappa shape index (κ3) is 4.04. The predicted molar refractivity (Wildman–Crippen MR) is 92.7 cm³/mol. The zero-order valence-electron chi connectivity index (χ0n) is 14.7. The maximum absolute atomic E-state index is 11.9. The van der Waals surface area contributed by atoms with E-state index >= 15 is 0 Å². The molecule has 3 heterocycles. The summed E-state index contributed by atoms with van der Waals surface area (Å²) in [5.74, 6) is -1.43. The zero-order valence-corrected chi connectivity index (χ0v) is 14.7. The lowest BCUT2D eigenvalue weighted by Crippen LogP contribution is -2.52. The number of carbonyl (C=O) groups excluding carboxylic acids is 1. The topological polar surface area (TPSA) is 90.9 Å². The van der Waals surface area contributed by atoms with Gasteiger partial charge < -0.3 is 15.2 Å². The standard InChI is InChI=1S/C18H27N3O4/c1-2-25-18(24)15(17(22)23)21-10-7-12(8-11-21)14-6-5-13-4-3-9-19-16(13)20-14/h5-6,12,15-16,19-20H,2-4,7-11H2,1H3,(H,22,23). The number of piperidine rings is 2. The molecule has 3 N–H and O–H groups in total. The molecule has 0 spiro atoms. The van der Waals surface area contributed by atoms with E-state index in [9.17, 15) is 14.7 Å². The molecule has 0 amide bonds. The van der Waals surface area contributed by atoms with Gasteiger partial charge in [0.05, 0.1) is 12.8 Å². The van der Waals surface area contributed by atoms with Crippen LogP contribution in [0, 0.1) is 5.92 Å². The van der Waals surface area contributed by atoms with Crippen LogP contribution >= 0.6 is 0 Å². The summed E-state index contributed by atoms with van der Waals surface area (Å²) in [6.45, 7) is 4.06. The first-order valence-electron chi connectivity index (χ1n) is 9.14. The molecule has 0 aromatic heterocycles. The molecule has 0 bridgehead atoms. The van der Waals surface area contributed by atoms with Crippen LogP contribution in [0.2, 0.25) is 0 Å². The van der Waals surface area contributed by atoms with E-state index in [0.29, 0.717) is 19.0 Å². The third-order valence-corrected chi connectivity index (χ3v) is 5.23. The van der Waals surface area contributed by atoms with Crippen molar-refractivity contribution in [3.63, 3.8) is 0 Å². The van der Waals surface area contributed by atoms with Crippen molar-refractivity contribution in [3.05, 3.63) is 23.4 Å². The Morgan fingerprint density at radius 1 is 1.36 bits per heavy atom. The van der Waals surface area contributed by atoms with Gasteiger partial charge in [-0.2, -0.15) is 0 Å². The number of esters is 1. The fourth-order valence-electron chi connectivity index (χ4n) is 3.90. The molecule has 2 saturated heterocycles. The maximum atomic E-state index is 11.9. The van der Waals surface area contributed by atoms with Crippen LogP contribution in [0.5, 0.6) is 0 Å².